The van der Waals surface area contributed by atoms with Crippen molar-refractivity contribution in [2.45, 2.75) is 45.1 Å². The van der Waals surface area contributed by atoms with Crippen LogP contribution in [0.15, 0.2) is 22.7 Å². The maximum absolute atomic E-state index is 12.2. The van der Waals surface area contributed by atoms with Crippen molar-refractivity contribution in [1.29, 1.82) is 0 Å². The van der Waals surface area contributed by atoms with Gasteiger partial charge >= 0.3 is 5.97 Å². The monoisotopic (exact) mass is 325 g/mol. The first-order chi connectivity index (χ1) is 9.11. The molecule has 0 aliphatic heterocycles. The molecule has 0 heterocycles. The Morgan fingerprint density at radius 3 is 2.84 bits per heavy atom. The highest BCUT2D eigenvalue weighted by molar-refractivity contribution is 9.10. The van der Waals surface area contributed by atoms with Gasteiger partial charge < -0.3 is 10.5 Å². The number of anilines is 1. The van der Waals surface area contributed by atoms with Crippen molar-refractivity contribution in [3.05, 3.63) is 28.2 Å². The molecule has 2 unspecified atom stereocenters. The zero-order chi connectivity index (χ0) is 13.8. The van der Waals surface area contributed by atoms with Crippen LogP contribution in [-0.2, 0) is 4.74 Å². The number of hydrogen-bond acceptors (Lipinski definition) is 3. The summed E-state index contributed by atoms with van der Waals surface area (Å²) in [6, 6.07) is 5.16. The lowest BCUT2D eigenvalue weighted by molar-refractivity contribution is 0.000707. The van der Waals surface area contributed by atoms with E-state index in [4.69, 9.17) is 10.5 Å². The van der Waals surface area contributed by atoms with Crippen LogP contribution in [-0.4, -0.2) is 12.1 Å². The first-order valence-electron chi connectivity index (χ1n) is 6.87. The van der Waals surface area contributed by atoms with E-state index in [1.807, 2.05) is 0 Å². The van der Waals surface area contributed by atoms with E-state index >= 15 is 0 Å². The first kappa shape index (κ1) is 14.4. The van der Waals surface area contributed by atoms with Crippen LogP contribution in [0.5, 0.6) is 0 Å². The van der Waals surface area contributed by atoms with Crippen molar-refractivity contribution in [3.8, 4) is 0 Å². The Hall–Kier alpha value is -1.03. The third-order valence-electron chi connectivity index (χ3n) is 3.86. The third-order valence-corrected chi connectivity index (χ3v) is 4.55. The number of hydrogen-bond donors (Lipinski definition) is 1. The highest BCUT2D eigenvalue weighted by Gasteiger charge is 2.27. The van der Waals surface area contributed by atoms with E-state index in [9.17, 15) is 4.79 Å². The van der Waals surface area contributed by atoms with Crippen molar-refractivity contribution >= 4 is 27.6 Å². The van der Waals surface area contributed by atoms with E-state index in [1.165, 1.54) is 12.8 Å². The van der Waals surface area contributed by atoms with Crippen LogP contribution < -0.4 is 5.73 Å². The SMILES string of the molecule is CCC1CCCCC1OC(=O)c1ccc(N)c(Br)c1. The minimum atomic E-state index is -0.244. The number of carbonyl (C=O) groups is 1. The molecule has 1 aliphatic carbocycles. The molecule has 0 aromatic heterocycles. The second-order valence-corrected chi connectivity index (χ2v) is 5.99. The fourth-order valence-electron chi connectivity index (χ4n) is 2.66. The van der Waals surface area contributed by atoms with Crippen LogP contribution in [0.3, 0.4) is 0 Å². The Bertz CT molecular complexity index is 461. The smallest absolute Gasteiger partial charge is 0.338 e. The standard InChI is InChI=1S/C15H20BrNO2/c1-2-10-5-3-4-6-14(10)19-15(18)11-7-8-13(17)12(16)9-11/h7-10,14H,2-6,17H2,1H3. The van der Waals surface area contributed by atoms with E-state index < -0.39 is 0 Å². The molecule has 1 aliphatic rings. The topological polar surface area (TPSA) is 52.3 Å². The maximum Gasteiger partial charge on any atom is 0.338 e. The third kappa shape index (κ3) is 3.50. The molecular weight excluding hydrogens is 306 g/mol. The predicted octanol–water partition coefficient (Wildman–Crippen LogP) is 4.16. The van der Waals surface area contributed by atoms with Gasteiger partial charge in [0.15, 0.2) is 0 Å². The molecule has 4 heteroatoms. The number of carbonyl (C=O) groups excluding carboxylic acids is 1. The molecule has 2 atom stereocenters. The Labute approximate surface area is 122 Å². The fraction of sp³-hybridized carbons (Fsp3) is 0.533. The van der Waals surface area contributed by atoms with E-state index in [1.54, 1.807) is 18.2 Å². The zero-order valence-electron chi connectivity index (χ0n) is 11.2. The average Bonchev–Trinajstić information content (AvgIpc) is 2.42. The highest BCUT2D eigenvalue weighted by atomic mass is 79.9. The summed E-state index contributed by atoms with van der Waals surface area (Å²) in [4.78, 5) is 12.2. The van der Waals surface area contributed by atoms with Crippen molar-refractivity contribution in [2.75, 3.05) is 5.73 Å². The van der Waals surface area contributed by atoms with Gasteiger partial charge in [-0.3, -0.25) is 0 Å². The van der Waals surface area contributed by atoms with Crippen LogP contribution >= 0.6 is 15.9 Å². The van der Waals surface area contributed by atoms with Gasteiger partial charge in [0.05, 0.1) is 5.56 Å². The van der Waals surface area contributed by atoms with Gasteiger partial charge in [0.2, 0.25) is 0 Å². The average molecular weight is 326 g/mol. The van der Waals surface area contributed by atoms with Crippen molar-refractivity contribution < 1.29 is 9.53 Å². The Kier molecular flexibility index (Phi) is 4.86. The van der Waals surface area contributed by atoms with Gasteiger partial charge in [-0.2, -0.15) is 0 Å². The molecule has 1 saturated carbocycles. The lowest BCUT2D eigenvalue weighted by atomic mass is 9.85. The molecule has 1 aromatic rings. The maximum atomic E-state index is 12.2. The zero-order valence-corrected chi connectivity index (χ0v) is 12.8. The summed E-state index contributed by atoms with van der Waals surface area (Å²) >= 11 is 3.33. The molecule has 0 saturated heterocycles. The molecule has 2 rings (SSSR count). The number of ether oxygens (including phenoxy) is 1. The molecule has 0 spiro atoms. The molecule has 0 bridgehead atoms. The van der Waals surface area contributed by atoms with Crippen LogP contribution in [0.4, 0.5) is 5.69 Å². The minimum absolute atomic E-state index is 0.0718. The molecule has 0 radical (unpaired) electrons. The fourth-order valence-corrected chi connectivity index (χ4v) is 3.03. The predicted molar refractivity (Wildman–Crippen MR) is 80.0 cm³/mol. The largest absolute Gasteiger partial charge is 0.458 e. The molecule has 19 heavy (non-hydrogen) atoms. The van der Waals surface area contributed by atoms with E-state index in [0.717, 1.165) is 23.7 Å². The summed E-state index contributed by atoms with van der Waals surface area (Å²) in [5, 5.41) is 0. The van der Waals surface area contributed by atoms with Gasteiger partial charge in [-0.1, -0.05) is 13.3 Å². The van der Waals surface area contributed by atoms with Crippen molar-refractivity contribution in [2.24, 2.45) is 5.92 Å². The normalized spacial score (nSPS) is 23.1. The summed E-state index contributed by atoms with van der Waals surface area (Å²) in [6.45, 7) is 2.16. The lowest BCUT2D eigenvalue weighted by Crippen LogP contribution is -2.29. The Morgan fingerprint density at radius 1 is 1.42 bits per heavy atom. The van der Waals surface area contributed by atoms with Gasteiger partial charge in [0.1, 0.15) is 6.10 Å². The number of halogens is 1. The van der Waals surface area contributed by atoms with Crippen molar-refractivity contribution in [3.63, 3.8) is 0 Å². The van der Waals surface area contributed by atoms with Gasteiger partial charge in [-0.15, -0.1) is 0 Å². The Balaban J connectivity index is 2.05. The number of benzene rings is 1. The summed E-state index contributed by atoms with van der Waals surface area (Å²) < 4.78 is 6.41. The molecule has 1 aromatic carbocycles. The molecule has 1 fully saturated rings. The second kappa shape index (κ2) is 6.42. The van der Waals surface area contributed by atoms with Crippen LogP contribution in [0.2, 0.25) is 0 Å². The molecular formula is C15H20BrNO2. The second-order valence-electron chi connectivity index (χ2n) is 5.13. The minimum Gasteiger partial charge on any atom is -0.458 e. The number of nitrogen functional groups attached to an aromatic ring is 1. The van der Waals surface area contributed by atoms with Gasteiger partial charge in [-0.25, -0.2) is 4.79 Å². The van der Waals surface area contributed by atoms with E-state index in [0.29, 0.717) is 17.2 Å². The number of nitrogens with two attached hydrogens (primary N) is 1. The van der Waals surface area contributed by atoms with E-state index in [2.05, 4.69) is 22.9 Å². The van der Waals surface area contributed by atoms with E-state index in [-0.39, 0.29) is 12.1 Å². The van der Waals surface area contributed by atoms with Crippen LogP contribution in [0.1, 0.15) is 49.4 Å². The summed E-state index contributed by atoms with van der Waals surface area (Å²) in [7, 11) is 0. The molecule has 3 nitrogen and oxygen atoms in total. The molecule has 104 valence electrons. The Morgan fingerprint density at radius 2 is 2.16 bits per heavy atom. The van der Waals surface area contributed by atoms with Gasteiger partial charge in [0, 0.05) is 10.2 Å². The lowest BCUT2D eigenvalue weighted by Gasteiger charge is -2.30. The van der Waals surface area contributed by atoms with Crippen LogP contribution in [0.25, 0.3) is 0 Å². The van der Waals surface area contributed by atoms with Gasteiger partial charge in [-0.05, 0) is 65.7 Å². The number of rotatable bonds is 3. The van der Waals surface area contributed by atoms with Gasteiger partial charge in [0.25, 0.3) is 0 Å². The highest BCUT2D eigenvalue weighted by Crippen LogP contribution is 2.30. The summed E-state index contributed by atoms with van der Waals surface area (Å²) in [5.41, 5.74) is 6.90. The number of esters is 1. The van der Waals surface area contributed by atoms with Crippen LogP contribution in [0, 0.1) is 5.92 Å². The summed E-state index contributed by atoms with van der Waals surface area (Å²) in [6.07, 6.45) is 5.70. The first-order valence-corrected chi connectivity index (χ1v) is 7.67. The summed E-state index contributed by atoms with van der Waals surface area (Å²) in [5.74, 6) is 0.265. The molecule has 2 N–H and O–H groups in total. The quantitative estimate of drug-likeness (QED) is 0.670. The molecule has 0 amide bonds. The van der Waals surface area contributed by atoms with Crippen molar-refractivity contribution in [1.82, 2.24) is 0 Å².